The minimum Gasteiger partial charge on any atom is -0.468 e. The third-order valence-corrected chi connectivity index (χ3v) is 10.8. The molecule has 8 heteroatoms. The van der Waals surface area contributed by atoms with Crippen molar-refractivity contribution in [1.29, 1.82) is 0 Å². The Balaban J connectivity index is 1.42. The molecule has 0 amide bonds. The van der Waals surface area contributed by atoms with Crippen molar-refractivity contribution in [2.45, 2.75) is 57.6 Å². The average Bonchev–Trinajstić information content (AvgIpc) is 3.53. The van der Waals surface area contributed by atoms with Gasteiger partial charge in [0.15, 0.2) is 17.2 Å². The second-order valence-corrected chi connectivity index (χ2v) is 12.1. The van der Waals surface area contributed by atoms with Crippen LogP contribution in [0.15, 0.2) is 46.6 Å². The van der Waals surface area contributed by atoms with Crippen LogP contribution in [0.1, 0.15) is 38.9 Å². The van der Waals surface area contributed by atoms with E-state index in [2.05, 4.69) is 4.90 Å². The van der Waals surface area contributed by atoms with E-state index in [0.29, 0.717) is 26.1 Å². The Morgan fingerprint density at radius 3 is 2.75 bits per heavy atom. The van der Waals surface area contributed by atoms with Gasteiger partial charge >= 0.3 is 0 Å². The molecule has 2 heterocycles. The molecule has 0 aromatic carbocycles. The van der Waals surface area contributed by atoms with E-state index in [-0.39, 0.29) is 41.8 Å². The van der Waals surface area contributed by atoms with E-state index in [4.69, 9.17) is 4.42 Å². The highest BCUT2D eigenvalue weighted by Gasteiger charge is 2.78. The number of alkyl halides is 2. The van der Waals surface area contributed by atoms with Crippen LogP contribution in [0.4, 0.5) is 8.78 Å². The van der Waals surface area contributed by atoms with Gasteiger partial charge in [0.05, 0.1) is 24.3 Å². The van der Waals surface area contributed by atoms with Gasteiger partial charge in [-0.15, -0.1) is 0 Å². The molecule has 1 aromatic rings. The van der Waals surface area contributed by atoms with Gasteiger partial charge in [-0.25, -0.2) is 8.78 Å². The van der Waals surface area contributed by atoms with Crippen LogP contribution in [-0.4, -0.2) is 64.3 Å². The maximum atomic E-state index is 17.4. The van der Waals surface area contributed by atoms with Gasteiger partial charge in [-0.05, 0) is 73.3 Å². The van der Waals surface area contributed by atoms with Crippen molar-refractivity contribution in [2.24, 2.45) is 34.0 Å². The van der Waals surface area contributed by atoms with E-state index in [1.807, 2.05) is 19.1 Å². The summed E-state index contributed by atoms with van der Waals surface area (Å²) >= 11 is 0. The van der Waals surface area contributed by atoms with E-state index in [0.717, 1.165) is 5.76 Å². The van der Waals surface area contributed by atoms with Crippen LogP contribution in [0.5, 0.6) is 0 Å². The number of likely N-dealkylation sites (tertiary alicyclic amines) is 1. The van der Waals surface area contributed by atoms with Crippen LogP contribution < -0.4 is 0 Å². The molecule has 3 saturated carbocycles. The van der Waals surface area contributed by atoms with Crippen molar-refractivity contribution < 1.29 is 33.0 Å². The minimum atomic E-state index is -2.17. The number of carbonyl (C=O) groups is 2. The first-order valence-electron chi connectivity index (χ1n) is 12.9. The second-order valence-electron chi connectivity index (χ2n) is 12.1. The molecule has 0 spiro atoms. The number of furan rings is 1. The lowest BCUT2D eigenvalue weighted by atomic mass is 9.43. The molecule has 6 rings (SSSR count). The van der Waals surface area contributed by atoms with E-state index >= 15 is 8.78 Å². The number of carbonyl (C=O) groups excluding carboxylic acids is 2. The lowest BCUT2D eigenvalue weighted by molar-refractivity contribution is -0.212. The predicted octanol–water partition coefficient (Wildman–Crippen LogP) is 3.19. The summed E-state index contributed by atoms with van der Waals surface area (Å²) in [4.78, 5) is 27.7. The third-order valence-electron chi connectivity index (χ3n) is 10.8. The van der Waals surface area contributed by atoms with Gasteiger partial charge in [-0.3, -0.25) is 14.5 Å². The highest BCUT2D eigenvalue weighted by molar-refractivity contribution is 6.01. The SMILES string of the molecule is C[C@]12C=CC(=O)C=C1[C@@H](F)C[C@H]1[C@@H]3C[C@H]4CN(Cc5ccco5)C[C@@]4(C(=O)CO)[C@@]3(C)C[C@H](O)[C@@]12F. The number of hydrogen-bond donors (Lipinski definition) is 2. The fraction of sp³-hybridized carbons (Fsp3) is 0.643. The Labute approximate surface area is 209 Å². The average molecular weight is 502 g/mol. The molecule has 0 unspecified atom stereocenters. The summed E-state index contributed by atoms with van der Waals surface area (Å²) in [6.07, 6.45) is 2.95. The number of ketones is 2. The molecular weight excluding hydrogens is 468 g/mol. The highest BCUT2D eigenvalue weighted by atomic mass is 19.1. The van der Waals surface area contributed by atoms with Gasteiger partial charge in [-0.2, -0.15) is 0 Å². The summed E-state index contributed by atoms with van der Waals surface area (Å²) in [6.45, 7) is 4.36. The summed E-state index contributed by atoms with van der Waals surface area (Å²) in [7, 11) is 0. The number of aliphatic hydroxyl groups excluding tert-OH is 2. The molecule has 4 fully saturated rings. The van der Waals surface area contributed by atoms with Crippen molar-refractivity contribution in [1.82, 2.24) is 4.90 Å². The zero-order valence-electron chi connectivity index (χ0n) is 20.6. The van der Waals surface area contributed by atoms with Crippen molar-refractivity contribution in [3.63, 3.8) is 0 Å². The smallest absolute Gasteiger partial charge is 0.178 e. The molecule has 1 aliphatic heterocycles. The number of halogens is 2. The fourth-order valence-electron chi connectivity index (χ4n) is 9.26. The fourth-order valence-corrected chi connectivity index (χ4v) is 9.26. The van der Waals surface area contributed by atoms with E-state index < -0.39 is 46.7 Å². The Hall–Kier alpha value is -2.16. The van der Waals surface area contributed by atoms with Gasteiger partial charge in [0.1, 0.15) is 18.5 Å². The van der Waals surface area contributed by atoms with E-state index in [9.17, 15) is 19.8 Å². The molecule has 9 atom stereocenters. The third kappa shape index (κ3) is 2.76. The predicted molar refractivity (Wildman–Crippen MR) is 126 cm³/mol. The number of aliphatic hydroxyl groups is 2. The number of allylic oxidation sites excluding steroid dienone is 4. The Bertz CT molecular complexity index is 1160. The van der Waals surface area contributed by atoms with Crippen molar-refractivity contribution in [3.8, 4) is 0 Å². The van der Waals surface area contributed by atoms with Crippen LogP contribution in [0.2, 0.25) is 0 Å². The maximum Gasteiger partial charge on any atom is 0.178 e. The van der Waals surface area contributed by atoms with Crippen LogP contribution in [-0.2, 0) is 16.1 Å². The zero-order chi connectivity index (χ0) is 25.7. The van der Waals surface area contributed by atoms with Crippen LogP contribution in [0, 0.1) is 34.0 Å². The summed E-state index contributed by atoms with van der Waals surface area (Å²) in [5.41, 5.74) is -5.30. The number of Topliss-reactive ketones (excluding diaryl/α,β-unsaturated/α-hetero) is 1. The van der Waals surface area contributed by atoms with Gasteiger partial charge in [0, 0.05) is 24.4 Å². The molecule has 4 aliphatic carbocycles. The van der Waals surface area contributed by atoms with E-state index in [1.54, 1.807) is 13.2 Å². The molecule has 2 N–H and O–H groups in total. The lowest BCUT2D eigenvalue weighted by Crippen LogP contribution is -2.69. The number of nitrogens with zero attached hydrogens (tertiary/aromatic N) is 1. The minimum absolute atomic E-state index is 0.0309. The largest absolute Gasteiger partial charge is 0.468 e. The van der Waals surface area contributed by atoms with Crippen molar-refractivity contribution in [2.75, 3.05) is 19.7 Å². The first-order valence-corrected chi connectivity index (χ1v) is 12.9. The normalized spacial score (nSPS) is 47.7. The quantitative estimate of drug-likeness (QED) is 0.659. The van der Waals surface area contributed by atoms with Crippen LogP contribution >= 0.6 is 0 Å². The van der Waals surface area contributed by atoms with E-state index in [1.165, 1.54) is 18.2 Å². The lowest BCUT2D eigenvalue weighted by Gasteiger charge is -2.63. The number of rotatable bonds is 4. The second kappa shape index (κ2) is 7.68. The molecule has 1 aromatic heterocycles. The summed E-state index contributed by atoms with van der Waals surface area (Å²) in [5.74, 6) is -1.22. The Morgan fingerprint density at radius 2 is 2.06 bits per heavy atom. The molecule has 0 bridgehead atoms. The molecule has 1 saturated heterocycles. The topological polar surface area (TPSA) is 91.0 Å². The molecule has 5 aliphatic rings. The highest BCUT2D eigenvalue weighted by Crippen LogP contribution is 2.74. The molecule has 6 nitrogen and oxygen atoms in total. The van der Waals surface area contributed by atoms with Crippen LogP contribution in [0.3, 0.4) is 0 Å². The first kappa shape index (κ1) is 24.2. The monoisotopic (exact) mass is 501 g/mol. The van der Waals surface area contributed by atoms with Gasteiger partial charge in [-0.1, -0.05) is 13.0 Å². The Kier molecular flexibility index (Phi) is 5.16. The number of fused-ring (bicyclic) bond motifs is 7. The molecular formula is C28H33F2NO5. The molecule has 194 valence electrons. The standard InChI is InChI=1S/C28H33F2NO5/c1-25-6-5-17(33)9-21(25)22(29)10-20-19-8-16-12-31(13-18-4-3-7-36-18)15-27(16,24(35)14-32)26(19,2)11-23(34)28(20,25)30/h3-7,9,16,19-20,22-23,32,34H,8,10-15H2,1-2H3/t16-,19-,20-,22-,23-,25-,26-,27+,28-/m0/s1. The summed E-state index contributed by atoms with van der Waals surface area (Å²) in [6, 6.07) is 3.68. The molecule has 0 radical (unpaired) electrons. The van der Waals surface area contributed by atoms with Gasteiger partial charge in [0.2, 0.25) is 0 Å². The number of hydrogen-bond acceptors (Lipinski definition) is 6. The Morgan fingerprint density at radius 1 is 1.28 bits per heavy atom. The first-order chi connectivity index (χ1) is 17.0. The summed E-state index contributed by atoms with van der Waals surface area (Å²) in [5, 5.41) is 21.6. The summed E-state index contributed by atoms with van der Waals surface area (Å²) < 4.78 is 38.5. The van der Waals surface area contributed by atoms with Gasteiger partial charge in [0.25, 0.3) is 0 Å². The van der Waals surface area contributed by atoms with Crippen molar-refractivity contribution >= 4 is 11.6 Å². The maximum absolute atomic E-state index is 17.4. The van der Waals surface area contributed by atoms with Crippen LogP contribution in [0.25, 0.3) is 0 Å². The van der Waals surface area contributed by atoms with Gasteiger partial charge < -0.3 is 14.6 Å². The molecule has 36 heavy (non-hydrogen) atoms. The zero-order valence-corrected chi connectivity index (χ0v) is 20.6. The van der Waals surface area contributed by atoms with Crippen molar-refractivity contribution in [3.05, 3.63) is 48.0 Å².